The molecule has 1 aromatic rings. The standard InChI is InChI=1S/C14H16F3N/c1-2-3-4-5-10-18-11-12-6-8-13(9-7-12)14(15,16)17/h1,6-9,18H,3-5,10-11H2. The molecule has 98 valence electrons. The first-order valence-corrected chi connectivity index (χ1v) is 5.84. The molecule has 0 saturated carbocycles. The Labute approximate surface area is 105 Å². The molecular weight excluding hydrogens is 239 g/mol. The predicted octanol–water partition coefficient (Wildman–Crippen LogP) is 3.60. The van der Waals surface area contributed by atoms with Gasteiger partial charge in [-0.3, -0.25) is 0 Å². The van der Waals surface area contributed by atoms with Gasteiger partial charge in [0.1, 0.15) is 0 Å². The molecule has 0 saturated heterocycles. The molecule has 0 aliphatic heterocycles. The van der Waals surface area contributed by atoms with E-state index in [0.717, 1.165) is 43.5 Å². The van der Waals surface area contributed by atoms with Crippen LogP contribution in [0.15, 0.2) is 24.3 Å². The highest BCUT2D eigenvalue weighted by atomic mass is 19.4. The lowest BCUT2D eigenvalue weighted by molar-refractivity contribution is -0.137. The molecule has 1 N–H and O–H groups in total. The van der Waals surface area contributed by atoms with Crippen molar-refractivity contribution in [3.63, 3.8) is 0 Å². The van der Waals surface area contributed by atoms with Crippen molar-refractivity contribution in [2.45, 2.75) is 32.0 Å². The first-order chi connectivity index (χ1) is 8.54. The molecule has 1 nitrogen and oxygen atoms in total. The molecule has 0 aromatic heterocycles. The lowest BCUT2D eigenvalue weighted by Crippen LogP contribution is -2.14. The van der Waals surface area contributed by atoms with E-state index in [4.69, 9.17) is 6.42 Å². The normalized spacial score (nSPS) is 11.2. The summed E-state index contributed by atoms with van der Waals surface area (Å²) in [4.78, 5) is 0. The van der Waals surface area contributed by atoms with Crippen LogP contribution in [0.3, 0.4) is 0 Å². The van der Waals surface area contributed by atoms with Crippen LogP contribution in [-0.2, 0) is 12.7 Å². The summed E-state index contributed by atoms with van der Waals surface area (Å²) in [5.41, 5.74) is 0.236. The molecule has 0 spiro atoms. The van der Waals surface area contributed by atoms with E-state index < -0.39 is 11.7 Å². The maximum atomic E-state index is 12.3. The largest absolute Gasteiger partial charge is 0.416 e. The Hall–Kier alpha value is -1.47. The molecule has 0 amide bonds. The smallest absolute Gasteiger partial charge is 0.313 e. The van der Waals surface area contributed by atoms with E-state index in [2.05, 4.69) is 11.2 Å². The maximum absolute atomic E-state index is 12.3. The van der Waals surface area contributed by atoms with Crippen molar-refractivity contribution in [2.75, 3.05) is 6.54 Å². The van der Waals surface area contributed by atoms with Gasteiger partial charge in [0.25, 0.3) is 0 Å². The number of benzene rings is 1. The van der Waals surface area contributed by atoms with E-state index in [1.807, 2.05) is 0 Å². The van der Waals surface area contributed by atoms with Gasteiger partial charge in [-0.15, -0.1) is 12.3 Å². The lowest BCUT2D eigenvalue weighted by Gasteiger charge is -2.08. The second-order valence-electron chi connectivity index (χ2n) is 4.03. The van der Waals surface area contributed by atoms with Gasteiger partial charge in [-0.25, -0.2) is 0 Å². The van der Waals surface area contributed by atoms with Crippen LogP contribution in [0.25, 0.3) is 0 Å². The van der Waals surface area contributed by atoms with Crippen LogP contribution in [0.5, 0.6) is 0 Å². The van der Waals surface area contributed by atoms with E-state index in [9.17, 15) is 13.2 Å². The van der Waals surface area contributed by atoms with Gasteiger partial charge in [0, 0.05) is 13.0 Å². The van der Waals surface area contributed by atoms with Crippen molar-refractivity contribution in [1.82, 2.24) is 5.32 Å². The molecule has 0 atom stereocenters. The highest BCUT2D eigenvalue weighted by molar-refractivity contribution is 5.24. The van der Waals surface area contributed by atoms with Gasteiger partial charge in [-0.2, -0.15) is 13.2 Å². The molecule has 0 fully saturated rings. The van der Waals surface area contributed by atoms with Crippen molar-refractivity contribution in [2.24, 2.45) is 0 Å². The molecule has 0 aliphatic carbocycles. The summed E-state index contributed by atoms with van der Waals surface area (Å²) in [5.74, 6) is 2.56. The average molecular weight is 255 g/mol. The predicted molar refractivity (Wildman–Crippen MR) is 65.8 cm³/mol. The summed E-state index contributed by atoms with van der Waals surface area (Å²) in [6.07, 6.45) is 3.57. The molecular formula is C14H16F3N. The van der Waals surface area contributed by atoms with Crippen LogP contribution in [0, 0.1) is 12.3 Å². The minimum absolute atomic E-state index is 0.578. The zero-order valence-corrected chi connectivity index (χ0v) is 10.1. The van der Waals surface area contributed by atoms with Gasteiger partial charge < -0.3 is 5.32 Å². The third-order valence-electron chi connectivity index (χ3n) is 2.54. The number of unbranched alkanes of at least 4 members (excludes halogenated alkanes) is 2. The lowest BCUT2D eigenvalue weighted by atomic mass is 10.1. The minimum Gasteiger partial charge on any atom is -0.313 e. The first-order valence-electron chi connectivity index (χ1n) is 5.84. The van der Waals surface area contributed by atoms with Crippen molar-refractivity contribution in [3.8, 4) is 12.3 Å². The molecule has 1 rings (SSSR count). The molecule has 0 bridgehead atoms. The number of terminal acetylenes is 1. The Morgan fingerprint density at radius 1 is 1.11 bits per heavy atom. The van der Waals surface area contributed by atoms with Crippen LogP contribution < -0.4 is 5.32 Å². The number of alkyl halides is 3. The highest BCUT2D eigenvalue weighted by Crippen LogP contribution is 2.28. The number of hydrogen-bond donors (Lipinski definition) is 1. The molecule has 0 heterocycles. The van der Waals surface area contributed by atoms with Crippen LogP contribution >= 0.6 is 0 Å². The van der Waals surface area contributed by atoms with Gasteiger partial charge in [0.2, 0.25) is 0 Å². The zero-order valence-electron chi connectivity index (χ0n) is 10.1. The van der Waals surface area contributed by atoms with E-state index >= 15 is 0 Å². The fraction of sp³-hybridized carbons (Fsp3) is 0.429. The Kier molecular flexibility index (Phi) is 5.73. The van der Waals surface area contributed by atoms with Crippen LogP contribution in [-0.4, -0.2) is 6.54 Å². The van der Waals surface area contributed by atoms with Gasteiger partial charge in [-0.1, -0.05) is 12.1 Å². The van der Waals surface area contributed by atoms with Crippen LogP contribution in [0.2, 0.25) is 0 Å². The first kappa shape index (κ1) is 14.6. The molecule has 4 heteroatoms. The van der Waals surface area contributed by atoms with Crippen LogP contribution in [0.1, 0.15) is 30.4 Å². The highest BCUT2D eigenvalue weighted by Gasteiger charge is 2.29. The fourth-order valence-electron chi connectivity index (χ4n) is 1.52. The van der Waals surface area contributed by atoms with Gasteiger partial charge in [0.05, 0.1) is 5.56 Å². The summed E-state index contributed by atoms with van der Waals surface area (Å²) >= 11 is 0. The van der Waals surface area contributed by atoms with Crippen molar-refractivity contribution in [3.05, 3.63) is 35.4 Å². The second-order valence-corrected chi connectivity index (χ2v) is 4.03. The van der Waals surface area contributed by atoms with Gasteiger partial charge in [0.15, 0.2) is 0 Å². The van der Waals surface area contributed by atoms with Gasteiger partial charge in [-0.05, 0) is 37.1 Å². The summed E-state index contributed by atoms with van der Waals surface area (Å²) in [6.45, 7) is 1.40. The van der Waals surface area contributed by atoms with Crippen LogP contribution in [0.4, 0.5) is 13.2 Å². The van der Waals surface area contributed by atoms with Crippen molar-refractivity contribution >= 4 is 0 Å². The molecule has 18 heavy (non-hydrogen) atoms. The fourth-order valence-corrected chi connectivity index (χ4v) is 1.52. The van der Waals surface area contributed by atoms with E-state index in [-0.39, 0.29) is 0 Å². The maximum Gasteiger partial charge on any atom is 0.416 e. The van der Waals surface area contributed by atoms with Crippen molar-refractivity contribution < 1.29 is 13.2 Å². The average Bonchev–Trinajstić information content (AvgIpc) is 2.33. The molecule has 0 radical (unpaired) electrons. The number of hydrogen-bond acceptors (Lipinski definition) is 1. The van der Waals surface area contributed by atoms with Crippen molar-refractivity contribution in [1.29, 1.82) is 0 Å². The SMILES string of the molecule is C#CCCCCNCc1ccc(C(F)(F)F)cc1. The Morgan fingerprint density at radius 2 is 1.78 bits per heavy atom. The zero-order chi connectivity index (χ0) is 13.4. The molecule has 1 aromatic carbocycles. The van der Waals surface area contributed by atoms with E-state index in [1.54, 1.807) is 0 Å². The molecule has 0 aliphatic rings. The topological polar surface area (TPSA) is 12.0 Å². The Balaban J connectivity index is 2.30. The summed E-state index contributed by atoms with van der Waals surface area (Å²) in [5, 5.41) is 3.17. The molecule has 0 unspecified atom stereocenters. The number of nitrogens with one attached hydrogen (secondary N) is 1. The Bertz CT molecular complexity index is 387. The monoisotopic (exact) mass is 255 g/mol. The quantitative estimate of drug-likeness (QED) is 0.605. The third-order valence-corrected chi connectivity index (χ3v) is 2.54. The second kappa shape index (κ2) is 7.07. The number of rotatable bonds is 6. The van der Waals surface area contributed by atoms with Gasteiger partial charge >= 0.3 is 6.18 Å². The van der Waals surface area contributed by atoms with E-state index in [1.165, 1.54) is 12.1 Å². The summed E-state index contributed by atoms with van der Waals surface area (Å²) in [7, 11) is 0. The van der Waals surface area contributed by atoms with E-state index in [0.29, 0.717) is 6.54 Å². The third kappa shape index (κ3) is 5.24. The minimum atomic E-state index is -4.26. The summed E-state index contributed by atoms with van der Waals surface area (Å²) in [6, 6.07) is 5.21. The summed E-state index contributed by atoms with van der Waals surface area (Å²) < 4.78 is 36.9. The number of halogens is 3. The Morgan fingerprint density at radius 3 is 2.33 bits per heavy atom.